The first-order valence-corrected chi connectivity index (χ1v) is 10.3. The van der Waals surface area contributed by atoms with Crippen LogP contribution < -0.4 is 10.2 Å². The molecule has 0 radical (unpaired) electrons. The second kappa shape index (κ2) is 8.71. The van der Waals surface area contributed by atoms with E-state index in [1.54, 1.807) is 18.3 Å². The number of ether oxygens (including phenoxy) is 1. The van der Waals surface area contributed by atoms with E-state index < -0.39 is 0 Å². The zero-order chi connectivity index (χ0) is 20.2. The lowest BCUT2D eigenvalue weighted by Crippen LogP contribution is -2.43. The van der Waals surface area contributed by atoms with Gasteiger partial charge >= 0.3 is 0 Å². The average molecular weight is 412 g/mol. The van der Waals surface area contributed by atoms with Gasteiger partial charge in [0.2, 0.25) is 0 Å². The Morgan fingerprint density at radius 3 is 2.72 bits per heavy atom. The number of carbonyl (C=O) groups excluding carboxylic acids is 1. The van der Waals surface area contributed by atoms with Crippen LogP contribution in [0.15, 0.2) is 54.7 Å². The van der Waals surface area contributed by atoms with Gasteiger partial charge in [0.25, 0.3) is 5.91 Å². The van der Waals surface area contributed by atoms with Gasteiger partial charge in [-0.25, -0.2) is 9.37 Å². The first kappa shape index (κ1) is 19.5. The number of amides is 1. The number of carbonyl (C=O) groups is 1. The number of aromatic nitrogens is 1. The van der Waals surface area contributed by atoms with E-state index in [9.17, 15) is 9.18 Å². The van der Waals surface area contributed by atoms with E-state index in [-0.39, 0.29) is 11.7 Å². The molecule has 1 atom stereocenters. The van der Waals surface area contributed by atoms with E-state index in [0.717, 1.165) is 41.7 Å². The average Bonchev–Trinajstić information content (AvgIpc) is 3.20. The molecule has 0 unspecified atom stereocenters. The van der Waals surface area contributed by atoms with Gasteiger partial charge in [0.05, 0.1) is 24.4 Å². The first-order valence-electron chi connectivity index (χ1n) is 9.53. The third-order valence-electron chi connectivity index (χ3n) is 4.87. The standard InChI is InChI=1S/C22H22FN3O2S/c1-15-14-28-11-10-26(15)19-8-6-18(7-9-19)25-22(27)20-13-24-21(29-20)12-16-2-4-17(23)5-3-16/h2-9,13,15H,10-12,14H2,1H3,(H,25,27)/t15-/m1/s1. The van der Waals surface area contributed by atoms with Crippen LogP contribution in [0.2, 0.25) is 0 Å². The Morgan fingerprint density at radius 2 is 2.00 bits per heavy atom. The molecule has 1 amide bonds. The number of nitrogens with one attached hydrogen (secondary N) is 1. The lowest BCUT2D eigenvalue weighted by atomic mass is 10.2. The van der Waals surface area contributed by atoms with Gasteiger partial charge in [-0.1, -0.05) is 12.1 Å². The van der Waals surface area contributed by atoms with Crippen molar-refractivity contribution < 1.29 is 13.9 Å². The highest BCUT2D eigenvalue weighted by molar-refractivity contribution is 7.13. The van der Waals surface area contributed by atoms with Crippen LogP contribution in [0, 0.1) is 5.82 Å². The number of benzene rings is 2. The highest BCUT2D eigenvalue weighted by Crippen LogP contribution is 2.23. The molecule has 29 heavy (non-hydrogen) atoms. The van der Waals surface area contributed by atoms with E-state index in [4.69, 9.17) is 4.74 Å². The van der Waals surface area contributed by atoms with Crippen molar-refractivity contribution in [3.05, 3.63) is 76.0 Å². The van der Waals surface area contributed by atoms with Gasteiger partial charge < -0.3 is 15.0 Å². The molecule has 5 nitrogen and oxygen atoms in total. The Balaban J connectivity index is 1.38. The molecule has 1 aromatic heterocycles. The molecule has 3 aromatic rings. The van der Waals surface area contributed by atoms with Crippen LogP contribution in [0.3, 0.4) is 0 Å². The summed E-state index contributed by atoms with van der Waals surface area (Å²) in [6.45, 7) is 4.46. The molecule has 7 heteroatoms. The molecule has 0 bridgehead atoms. The predicted octanol–water partition coefficient (Wildman–Crippen LogP) is 4.35. The van der Waals surface area contributed by atoms with Gasteiger partial charge in [-0.3, -0.25) is 4.79 Å². The van der Waals surface area contributed by atoms with Crippen LogP contribution >= 0.6 is 11.3 Å². The zero-order valence-electron chi connectivity index (χ0n) is 16.1. The maximum absolute atomic E-state index is 13.0. The summed E-state index contributed by atoms with van der Waals surface area (Å²) in [6, 6.07) is 14.5. The molecule has 1 saturated heterocycles. The fourth-order valence-electron chi connectivity index (χ4n) is 3.31. The fraction of sp³-hybridized carbons (Fsp3) is 0.273. The molecule has 1 aliphatic rings. The van der Waals surface area contributed by atoms with Gasteiger partial charge in [0, 0.05) is 30.4 Å². The monoisotopic (exact) mass is 411 g/mol. The summed E-state index contributed by atoms with van der Waals surface area (Å²) in [5, 5.41) is 3.74. The summed E-state index contributed by atoms with van der Waals surface area (Å²) < 4.78 is 18.5. The minimum atomic E-state index is -0.262. The Bertz CT molecular complexity index is 972. The van der Waals surface area contributed by atoms with Gasteiger partial charge in [-0.05, 0) is 48.9 Å². The van der Waals surface area contributed by atoms with Crippen molar-refractivity contribution in [3.8, 4) is 0 Å². The highest BCUT2D eigenvalue weighted by Gasteiger charge is 2.19. The summed E-state index contributed by atoms with van der Waals surface area (Å²) in [6.07, 6.45) is 2.16. The summed E-state index contributed by atoms with van der Waals surface area (Å²) in [7, 11) is 0. The summed E-state index contributed by atoms with van der Waals surface area (Å²) in [5.74, 6) is -0.442. The van der Waals surface area contributed by atoms with Crippen LogP contribution in [-0.2, 0) is 11.2 Å². The van der Waals surface area contributed by atoms with Crippen LogP contribution in [0.5, 0.6) is 0 Å². The first-order chi connectivity index (χ1) is 14.1. The molecule has 1 aliphatic heterocycles. The maximum Gasteiger partial charge on any atom is 0.267 e. The van der Waals surface area contributed by atoms with Gasteiger partial charge in [-0.2, -0.15) is 0 Å². The molecular weight excluding hydrogens is 389 g/mol. The Kier molecular flexibility index (Phi) is 5.87. The normalized spacial score (nSPS) is 16.6. The molecule has 0 aliphatic carbocycles. The van der Waals surface area contributed by atoms with Gasteiger partial charge in [-0.15, -0.1) is 11.3 Å². The van der Waals surface area contributed by atoms with Crippen LogP contribution in [0.4, 0.5) is 15.8 Å². The van der Waals surface area contributed by atoms with E-state index in [1.807, 2.05) is 24.3 Å². The predicted molar refractivity (Wildman–Crippen MR) is 113 cm³/mol. The Hall–Kier alpha value is -2.77. The molecule has 2 heterocycles. The van der Waals surface area contributed by atoms with Crippen molar-refractivity contribution in [3.63, 3.8) is 0 Å². The molecule has 4 rings (SSSR count). The Morgan fingerprint density at radius 1 is 1.24 bits per heavy atom. The smallest absolute Gasteiger partial charge is 0.267 e. The second-order valence-corrected chi connectivity index (χ2v) is 8.16. The molecule has 150 valence electrons. The van der Waals surface area contributed by atoms with Crippen LogP contribution in [0.25, 0.3) is 0 Å². The van der Waals surface area contributed by atoms with E-state index >= 15 is 0 Å². The molecular formula is C22H22FN3O2S. The minimum Gasteiger partial charge on any atom is -0.377 e. The number of anilines is 2. The maximum atomic E-state index is 13.0. The SMILES string of the molecule is C[C@@H]1COCCN1c1ccc(NC(=O)c2cnc(Cc3ccc(F)cc3)s2)cc1. The lowest BCUT2D eigenvalue weighted by Gasteiger charge is -2.35. The Labute approximate surface area is 173 Å². The third kappa shape index (κ3) is 4.81. The summed E-state index contributed by atoms with van der Waals surface area (Å²) >= 11 is 1.35. The largest absolute Gasteiger partial charge is 0.377 e. The quantitative estimate of drug-likeness (QED) is 0.678. The number of morpholine rings is 1. The van der Waals surface area contributed by atoms with Crippen molar-refractivity contribution in [2.45, 2.75) is 19.4 Å². The minimum absolute atomic E-state index is 0.180. The number of hydrogen-bond acceptors (Lipinski definition) is 5. The molecule has 0 saturated carbocycles. The number of nitrogens with zero attached hydrogens (tertiary/aromatic N) is 2. The van der Waals surface area contributed by atoms with E-state index in [0.29, 0.717) is 17.3 Å². The molecule has 1 N–H and O–H groups in total. The number of hydrogen-bond donors (Lipinski definition) is 1. The molecule has 1 fully saturated rings. The second-order valence-electron chi connectivity index (χ2n) is 7.04. The van der Waals surface area contributed by atoms with Crippen LogP contribution in [0.1, 0.15) is 27.2 Å². The summed E-state index contributed by atoms with van der Waals surface area (Å²) in [4.78, 5) is 19.7. The van der Waals surface area contributed by atoms with Gasteiger partial charge in [0.1, 0.15) is 10.7 Å². The van der Waals surface area contributed by atoms with Crippen molar-refractivity contribution in [1.82, 2.24) is 4.98 Å². The fourth-order valence-corrected chi connectivity index (χ4v) is 4.16. The number of thiazole rings is 1. The lowest BCUT2D eigenvalue weighted by molar-refractivity contribution is 0.0989. The molecule has 2 aromatic carbocycles. The van der Waals surface area contributed by atoms with Crippen molar-refractivity contribution in [2.75, 3.05) is 30.0 Å². The molecule has 0 spiro atoms. The third-order valence-corrected chi connectivity index (χ3v) is 5.87. The topological polar surface area (TPSA) is 54.5 Å². The number of rotatable bonds is 5. The highest BCUT2D eigenvalue weighted by atomic mass is 32.1. The van der Waals surface area contributed by atoms with E-state index in [2.05, 4.69) is 22.1 Å². The van der Waals surface area contributed by atoms with Gasteiger partial charge in [0.15, 0.2) is 0 Å². The van der Waals surface area contributed by atoms with Crippen molar-refractivity contribution in [1.29, 1.82) is 0 Å². The number of halogens is 1. The zero-order valence-corrected chi connectivity index (χ0v) is 16.9. The van der Waals surface area contributed by atoms with Crippen molar-refractivity contribution >= 4 is 28.6 Å². The van der Waals surface area contributed by atoms with Crippen molar-refractivity contribution in [2.24, 2.45) is 0 Å². The summed E-state index contributed by atoms with van der Waals surface area (Å²) in [5.41, 5.74) is 2.83. The van der Waals surface area contributed by atoms with E-state index in [1.165, 1.54) is 23.5 Å². The van der Waals surface area contributed by atoms with Crippen LogP contribution in [-0.4, -0.2) is 36.7 Å².